The average molecular weight is 362 g/mol. The maximum absolute atomic E-state index is 12.2. The van der Waals surface area contributed by atoms with Gasteiger partial charge in [-0.15, -0.1) is 10.2 Å². The van der Waals surface area contributed by atoms with Crippen molar-refractivity contribution in [1.82, 2.24) is 19.6 Å². The molecule has 124 valence electrons. The second-order valence-corrected chi connectivity index (χ2v) is 6.76. The number of carbonyl (C=O) groups excluding carboxylic acids is 1. The predicted octanol–water partition coefficient (Wildman–Crippen LogP) is 3.43. The van der Waals surface area contributed by atoms with Gasteiger partial charge in [0.15, 0.2) is 5.16 Å². The molecule has 0 unspecified atom stereocenters. The quantitative estimate of drug-likeness (QED) is 0.721. The van der Waals surface area contributed by atoms with E-state index >= 15 is 0 Å². The third-order valence-electron chi connectivity index (χ3n) is 3.54. The number of carbonyl (C=O) groups is 1. The van der Waals surface area contributed by atoms with Crippen molar-refractivity contribution < 1.29 is 4.79 Å². The molecular weight excluding hydrogens is 346 g/mol. The third kappa shape index (κ3) is 3.37. The summed E-state index contributed by atoms with van der Waals surface area (Å²) < 4.78 is 1.84. The Bertz CT molecular complexity index is 924. The number of hydrogen-bond acceptors (Lipinski definition) is 5. The Hall–Kier alpha value is -2.12. The van der Waals surface area contributed by atoms with Crippen LogP contribution in [0.1, 0.15) is 17.0 Å². The van der Waals surface area contributed by atoms with Crippen molar-refractivity contribution >= 4 is 40.7 Å². The van der Waals surface area contributed by atoms with E-state index in [0.717, 1.165) is 17.0 Å². The van der Waals surface area contributed by atoms with Gasteiger partial charge in [0.05, 0.1) is 5.75 Å². The first-order chi connectivity index (χ1) is 11.5. The van der Waals surface area contributed by atoms with Crippen molar-refractivity contribution in [3.05, 3.63) is 46.2 Å². The van der Waals surface area contributed by atoms with E-state index in [1.807, 2.05) is 43.4 Å². The number of rotatable bonds is 4. The van der Waals surface area contributed by atoms with E-state index in [1.54, 1.807) is 6.07 Å². The van der Waals surface area contributed by atoms with Crippen molar-refractivity contribution in [2.45, 2.75) is 25.9 Å². The summed E-state index contributed by atoms with van der Waals surface area (Å²) in [6.07, 6.45) is 0. The molecule has 8 heteroatoms. The Morgan fingerprint density at radius 1 is 1.29 bits per heavy atom. The molecule has 3 aromatic rings. The molecule has 0 aliphatic rings. The number of amides is 1. The van der Waals surface area contributed by atoms with Gasteiger partial charge in [-0.1, -0.05) is 29.4 Å². The number of aromatic nitrogens is 4. The van der Waals surface area contributed by atoms with Crippen LogP contribution in [0, 0.1) is 20.8 Å². The van der Waals surface area contributed by atoms with E-state index in [-0.39, 0.29) is 11.7 Å². The van der Waals surface area contributed by atoms with Gasteiger partial charge in [0.2, 0.25) is 5.91 Å². The minimum atomic E-state index is -0.125. The molecule has 0 atom stereocenters. The Balaban J connectivity index is 1.72. The van der Waals surface area contributed by atoms with Gasteiger partial charge in [0, 0.05) is 22.1 Å². The molecule has 24 heavy (non-hydrogen) atoms. The topological polar surface area (TPSA) is 72.2 Å². The number of anilines is 1. The minimum Gasteiger partial charge on any atom is -0.325 e. The summed E-state index contributed by atoms with van der Waals surface area (Å²) in [7, 11) is 0. The minimum absolute atomic E-state index is 0.125. The van der Waals surface area contributed by atoms with Gasteiger partial charge < -0.3 is 5.32 Å². The largest absolute Gasteiger partial charge is 0.325 e. The average Bonchev–Trinajstić information content (AvgIpc) is 2.93. The first-order valence-corrected chi connectivity index (χ1v) is 8.69. The molecule has 1 aromatic carbocycles. The SMILES string of the molecule is Cc1cc(C)n2c(SCC(=O)Nc3cccc(Cl)c3C)nnc2n1. The Kier molecular flexibility index (Phi) is 4.73. The fraction of sp³-hybridized carbons (Fsp3) is 0.250. The lowest BCUT2D eigenvalue weighted by molar-refractivity contribution is -0.113. The Morgan fingerprint density at radius 2 is 2.08 bits per heavy atom. The molecule has 0 spiro atoms. The van der Waals surface area contributed by atoms with Crippen molar-refractivity contribution in [3.8, 4) is 0 Å². The highest BCUT2D eigenvalue weighted by atomic mass is 35.5. The second-order valence-electron chi connectivity index (χ2n) is 5.41. The number of nitrogens with zero attached hydrogens (tertiary/aromatic N) is 4. The van der Waals surface area contributed by atoms with E-state index in [1.165, 1.54) is 11.8 Å². The number of benzene rings is 1. The van der Waals surface area contributed by atoms with E-state index < -0.39 is 0 Å². The molecule has 1 N–H and O–H groups in total. The predicted molar refractivity (Wildman–Crippen MR) is 95.8 cm³/mol. The first-order valence-electron chi connectivity index (χ1n) is 7.33. The zero-order valence-corrected chi connectivity index (χ0v) is 15.1. The maximum atomic E-state index is 12.2. The number of halogens is 1. The monoisotopic (exact) mass is 361 g/mol. The summed E-state index contributed by atoms with van der Waals surface area (Å²) in [4.78, 5) is 16.5. The molecule has 0 saturated heterocycles. The van der Waals surface area contributed by atoms with Gasteiger partial charge in [-0.3, -0.25) is 9.20 Å². The van der Waals surface area contributed by atoms with Crippen LogP contribution in [0.3, 0.4) is 0 Å². The van der Waals surface area contributed by atoms with Crippen molar-refractivity contribution in [2.24, 2.45) is 0 Å². The molecule has 3 rings (SSSR count). The highest BCUT2D eigenvalue weighted by Crippen LogP contribution is 2.24. The summed E-state index contributed by atoms with van der Waals surface area (Å²) in [6, 6.07) is 7.38. The molecule has 2 aromatic heterocycles. The zero-order valence-electron chi connectivity index (χ0n) is 13.5. The molecule has 0 aliphatic heterocycles. The van der Waals surface area contributed by atoms with Gasteiger partial charge >= 0.3 is 0 Å². The molecule has 6 nitrogen and oxygen atoms in total. The smallest absolute Gasteiger partial charge is 0.256 e. The Morgan fingerprint density at radius 3 is 2.88 bits per heavy atom. The second kappa shape index (κ2) is 6.78. The first kappa shape index (κ1) is 16.7. The lowest BCUT2D eigenvalue weighted by Gasteiger charge is -2.09. The molecule has 2 heterocycles. The summed E-state index contributed by atoms with van der Waals surface area (Å²) in [5.74, 6) is 0.640. The van der Waals surface area contributed by atoms with E-state index in [2.05, 4.69) is 20.5 Å². The third-order valence-corrected chi connectivity index (χ3v) is 4.88. The fourth-order valence-corrected chi connectivity index (χ4v) is 3.31. The van der Waals surface area contributed by atoms with Crippen LogP contribution >= 0.6 is 23.4 Å². The highest BCUT2D eigenvalue weighted by molar-refractivity contribution is 7.99. The molecule has 1 amide bonds. The van der Waals surface area contributed by atoms with Crippen LogP contribution in [-0.2, 0) is 4.79 Å². The molecule has 0 saturated carbocycles. The molecular formula is C16H16ClN5OS. The summed E-state index contributed by atoms with van der Waals surface area (Å²) in [6.45, 7) is 5.74. The van der Waals surface area contributed by atoms with Crippen LogP contribution in [0.5, 0.6) is 0 Å². The Labute approximate surface area is 148 Å². The van der Waals surface area contributed by atoms with Crippen LogP contribution in [-0.4, -0.2) is 31.2 Å². The highest BCUT2D eigenvalue weighted by Gasteiger charge is 2.13. The van der Waals surface area contributed by atoms with Crippen molar-refractivity contribution in [3.63, 3.8) is 0 Å². The number of hydrogen-bond donors (Lipinski definition) is 1. The van der Waals surface area contributed by atoms with Gasteiger partial charge in [-0.25, -0.2) is 4.98 Å². The molecule has 0 aliphatic carbocycles. The van der Waals surface area contributed by atoms with Crippen LogP contribution in [0.2, 0.25) is 5.02 Å². The van der Waals surface area contributed by atoms with E-state index in [0.29, 0.717) is 21.6 Å². The lowest BCUT2D eigenvalue weighted by Crippen LogP contribution is -2.15. The number of aryl methyl sites for hydroxylation is 2. The summed E-state index contributed by atoms with van der Waals surface area (Å²) in [5, 5.41) is 12.3. The van der Waals surface area contributed by atoms with E-state index in [9.17, 15) is 4.79 Å². The van der Waals surface area contributed by atoms with E-state index in [4.69, 9.17) is 11.6 Å². The standard InChI is InChI=1S/C16H16ClN5OS/c1-9-7-10(2)22-15(18-9)20-21-16(22)24-8-14(23)19-13-6-4-5-12(17)11(13)3/h4-7H,8H2,1-3H3,(H,19,23). The zero-order chi connectivity index (χ0) is 17.3. The van der Waals surface area contributed by atoms with Crippen LogP contribution in [0.4, 0.5) is 5.69 Å². The van der Waals surface area contributed by atoms with Gasteiger partial charge in [0.1, 0.15) is 0 Å². The van der Waals surface area contributed by atoms with Crippen LogP contribution in [0.25, 0.3) is 5.78 Å². The normalized spacial score (nSPS) is 11.0. The van der Waals surface area contributed by atoms with Gasteiger partial charge in [-0.05, 0) is 44.5 Å². The van der Waals surface area contributed by atoms with Crippen LogP contribution in [0.15, 0.2) is 29.4 Å². The van der Waals surface area contributed by atoms with Gasteiger partial charge in [0.25, 0.3) is 5.78 Å². The molecule has 0 fully saturated rings. The number of fused-ring (bicyclic) bond motifs is 1. The number of thioether (sulfide) groups is 1. The lowest BCUT2D eigenvalue weighted by atomic mass is 10.2. The van der Waals surface area contributed by atoms with Gasteiger partial charge in [-0.2, -0.15) is 0 Å². The maximum Gasteiger partial charge on any atom is 0.256 e. The fourth-order valence-electron chi connectivity index (χ4n) is 2.35. The molecule has 0 radical (unpaired) electrons. The van der Waals surface area contributed by atoms with Crippen LogP contribution < -0.4 is 5.32 Å². The van der Waals surface area contributed by atoms with Crippen molar-refractivity contribution in [2.75, 3.05) is 11.1 Å². The number of nitrogens with one attached hydrogen (secondary N) is 1. The molecule has 0 bridgehead atoms. The summed E-state index contributed by atoms with van der Waals surface area (Å²) >= 11 is 7.38. The summed E-state index contributed by atoms with van der Waals surface area (Å²) in [5.41, 5.74) is 3.43. The van der Waals surface area contributed by atoms with Crippen molar-refractivity contribution in [1.29, 1.82) is 0 Å².